The number of carbonyl (C=O) groups excluding carboxylic acids is 2. The van der Waals surface area contributed by atoms with Gasteiger partial charge in [-0.05, 0) is 54.1 Å². The summed E-state index contributed by atoms with van der Waals surface area (Å²) in [7, 11) is 0. The Hall–Kier alpha value is -4.07. The lowest BCUT2D eigenvalue weighted by molar-refractivity contribution is -0.123. The first-order valence-electron chi connectivity index (χ1n) is 8.75. The lowest BCUT2D eigenvalue weighted by atomic mass is 10.2. The summed E-state index contributed by atoms with van der Waals surface area (Å²) in [5.41, 5.74) is 3.20. The van der Waals surface area contributed by atoms with E-state index in [9.17, 15) is 14.7 Å². The fourth-order valence-electron chi connectivity index (χ4n) is 2.34. The number of para-hydroxylation sites is 1. The normalized spacial score (nSPS) is 10.6. The lowest BCUT2D eigenvalue weighted by Gasteiger charge is -2.07. The number of aromatic hydroxyl groups is 1. The summed E-state index contributed by atoms with van der Waals surface area (Å²) in [5.74, 6) is 0.291. The molecule has 3 aromatic rings. The van der Waals surface area contributed by atoms with Crippen molar-refractivity contribution in [2.24, 2.45) is 5.10 Å². The van der Waals surface area contributed by atoms with Crippen LogP contribution in [0.15, 0.2) is 76.4 Å². The predicted octanol–water partition coefficient (Wildman–Crippen LogP) is 2.44. The van der Waals surface area contributed by atoms with Crippen molar-refractivity contribution in [3.05, 3.63) is 83.8 Å². The second-order valence-corrected chi connectivity index (χ2v) is 5.93. The summed E-state index contributed by atoms with van der Waals surface area (Å²) in [6.07, 6.45) is 3.00. The van der Waals surface area contributed by atoms with Crippen LogP contribution in [0.1, 0.15) is 21.7 Å². The quantitative estimate of drug-likeness (QED) is 0.402. The molecule has 1 aromatic heterocycles. The zero-order chi connectivity index (χ0) is 20.5. The smallest absolute Gasteiger partial charge is 0.275 e. The molecule has 0 aliphatic carbocycles. The molecule has 0 aliphatic heterocycles. The average molecular weight is 393 g/mol. The monoisotopic (exact) mass is 393 g/mol. The second-order valence-electron chi connectivity index (χ2n) is 5.93. The number of nitrogens with one attached hydrogen (secondary N) is 2. The van der Waals surface area contributed by atoms with Crippen molar-refractivity contribution in [2.75, 3.05) is 6.61 Å². The van der Waals surface area contributed by atoms with Gasteiger partial charge in [0.1, 0.15) is 17.3 Å². The first-order chi connectivity index (χ1) is 14.1. The topological polar surface area (TPSA) is 113 Å². The van der Waals surface area contributed by atoms with E-state index in [0.717, 1.165) is 5.56 Å². The number of ether oxygens (including phenoxy) is 1. The fraction of sp³-hybridized carbons (Fsp3) is 0.0952. The maximum Gasteiger partial charge on any atom is 0.275 e. The van der Waals surface area contributed by atoms with Gasteiger partial charge in [0, 0.05) is 0 Å². The molecule has 8 heteroatoms. The minimum absolute atomic E-state index is 0.116. The van der Waals surface area contributed by atoms with E-state index < -0.39 is 5.91 Å². The summed E-state index contributed by atoms with van der Waals surface area (Å²) in [5, 5.41) is 16.2. The van der Waals surface area contributed by atoms with Gasteiger partial charge in [0.2, 0.25) is 0 Å². The summed E-state index contributed by atoms with van der Waals surface area (Å²) >= 11 is 0. The van der Waals surface area contributed by atoms with E-state index in [1.165, 1.54) is 18.3 Å². The molecule has 3 N–H and O–H groups in total. The van der Waals surface area contributed by atoms with Crippen LogP contribution in [0.5, 0.6) is 11.5 Å². The molecule has 148 valence electrons. The third-order valence-electron chi connectivity index (χ3n) is 3.82. The Morgan fingerprint density at radius 2 is 1.86 bits per heavy atom. The Bertz CT molecular complexity index is 982. The maximum absolute atomic E-state index is 11.9. The molecular formula is C21H19N3O5. The molecule has 0 saturated heterocycles. The Morgan fingerprint density at radius 1 is 1.07 bits per heavy atom. The highest BCUT2D eigenvalue weighted by atomic mass is 16.5. The van der Waals surface area contributed by atoms with Crippen LogP contribution < -0.4 is 15.5 Å². The highest BCUT2D eigenvalue weighted by Crippen LogP contribution is 2.15. The highest BCUT2D eigenvalue weighted by Gasteiger charge is 2.08. The number of phenolic OH excluding ortho intramolecular Hbond substituents is 1. The van der Waals surface area contributed by atoms with Gasteiger partial charge in [-0.15, -0.1) is 0 Å². The summed E-state index contributed by atoms with van der Waals surface area (Å²) < 4.78 is 10.6. The number of hydrogen-bond acceptors (Lipinski definition) is 6. The number of amides is 2. The van der Waals surface area contributed by atoms with E-state index in [2.05, 4.69) is 15.8 Å². The van der Waals surface area contributed by atoms with Crippen molar-refractivity contribution in [3.8, 4) is 11.5 Å². The minimum atomic E-state index is -0.514. The van der Waals surface area contributed by atoms with Gasteiger partial charge in [-0.25, -0.2) is 5.43 Å². The largest absolute Gasteiger partial charge is 0.507 e. The van der Waals surface area contributed by atoms with Gasteiger partial charge in [0.25, 0.3) is 11.8 Å². The van der Waals surface area contributed by atoms with E-state index in [-0.39, 0.29) is 23.8 Å². The van der Waals surface area contributed by atoms with Crippen molar-refractivity contribution in [3.63, 3.8) is 0 Å². The SMILES string of the molecule is O=C(COc1ccc(/C=N/NC(=O)c2ccccc2O)cc1)NCc1ccco1. The molecule has 0 bridgehead atoms. The van der Waals surface area contributed by atoms with Crippen LogP contribution in [0, 0.1) is 0 Å². The van der Waals surface area contributed by atoms with E-state index in [0.29, 0.717) is 18.1 Å². The Morgan fingerprint density at radius 3 is 2.59 bits per heavy atom. The van der Waals surface area contributed by atoms with Crippen molar-refractivity contribution in [2.45, 2.75) is 6.54 Å². The Kier molecular flexibility index (Phi) is 6.62. The van der Waals surface area contributed by atoms with Crippen molar-refractivity contribution in [1.82, 2.24) is 10.7 Å². The Balaban J connectivity index is 1.43. The molecule has 8 nitrogen and oxygen atoms in total. The molecule has 29 heavy (non-hydrogen) atoms. The van der Waals surface area contributed by atoms with Gasteiger partial charge < -0.3 is 19.6 Å². The number of nitrogens with zero attached hydrogens (tertiary/aromatic N) is 1. The van der Waals surface area contributed by atoms with Crippen LogP contribution >= 0.6 is 0 Å². The molecule has 0 unspecified atom stereocenters. The van der Waals surface area contributed by atoms with Gasteiger partial charge in [0.05, 0.1) is 24.6 Å². The third kappa shape index (κ3) is 5.96. The van der Waals surface area contributed by atoms with Crippen LogP contribution in [-0.4, -0.2) is 29.7 Å². The van der Waals surface area contributed by atoms with Gasteiger partial charge in [-0.2, -0.15) is 5.10 Å². The molecule has 0 saturated carbocycles. The summed E-state index contributed by atoms with van der Waals surface area (Å²) in [6.45, 7) is 0.182. The zero-order valence-electron chi connectivity index (χ0n) is 15.4. The highest BCUT2D eigenvalue weighted by molar-refractivity contribution is 5.97. The first-order valence-corrected chi connectivity index (χ1v) is 8.75. The van der Waals surface area contributed by atoms with Crippen molar-refractivity contribution in [1.29, 1.82) is 0 Å². The van der Waals surface area contributed by atoms with Gasteiger partial charge in [-0.1, -0.05) is 12.1 Å². The van der Waals surface area contributed by atoms with Crippen LogP contribution in [-0.2, 0) is 11.3 Å². The van der Waals surface area contributed by atoms with E-state index >= 15 is 0 Å². The number of benzene rings is 2. The minimum Gasteiger partial charge on any atom is -0.507 e. The van der Waals surface area contributed by atoms with Crippen LogP contribution in [0.25, 0.3) is 0 Å². The van der Waals surface area contributed by atoms with Crippen LogP contribution in [0.4, 0.5) is 0 Å². The molecule has 3 rings (SSSR count). The summed E-state index contributed by atoms with van der Waals surface area (Å²) in [4.78, 5) is 23.7. The second kappa shape index (κ2) is 9.75. The molecule has 0 spiro atoms. The first kappa shape index (κ1) is 19.7. The van der Waals surface area contributed by atoms with Crippen LogP contribution in [0.2, 0.25) is 0 Å². The van der Waals surface area contributed by atoms with Gasteiger partial charge >= 0.3 is 0 Å². The number of rotatable bonds is 8. The Labute approximate surface area is 166 Å². The predicted molar refractivity (Wildman–Crippen MR) is 106 cm³/mol. The summed E-state index contributed by atoms with van der Waals surface area (Å²) in [6, 6.07) is 16.5. The molecule has 0 atom stereocenters. The number of phenols is 1. The number of hydrazone groups is 1. The molecule has 2 amide bonds. The van der Waals surface area contributed by atoms with E-state index in [4.69, 9.17) is 9.15 Å². The van der Waals surface area contributed by atoms with E-state index in [1.54, 1.807) is 54.8 Å². The fourth-order valence-corrected chi connectivity index (χ4v) is 2.34. The van der Waals surface area contributed by atoms with Gasteiger partial charge in [-0.3, -0.25) is 9.59 Å². The standard InChI is InChI=1S/C21H19N3O5/c25-19-6-2-1-5-18(19)21(27)24-23-12-15-7-9-16(10-8-15)29-14-20(26)22-13-17-4-3-11-28-17/h1-12,25H,13-14H2,(H,22,26)(H,24,27)/b23-12+. The van der Waals surface area contributed by atoms with Crippen LogP contribution in [0.3, 0.4) is 0 Å². The molecule has 0 fully saturated rings. The lowest BCUT2D eigenvalue weighted by Crippen LogP contribution is -2.28. The average Bonchev–Trinajstić information content (AvgIpc) is 3.25. The molecule has 0 radical (unpaired) electrons. The number of hydrogen-bond donors (Lipinski definition) is 3. The third-order valence-corrected chi connectivity index (χ3v) is 3.82. The van der Waals surface area contributed by atoms with E-state index in [1.807, 2.05) is 0 Å². The van der Waals surface area contributed by atoms with Crippen molar-refractivity contribution < 1.29 is 23.8 Å². The number of furan rings is 1. The zero-order valence-corrected chi connectivity index (χ0v) is 15.4. The maximum atomic E-state index is 11.9. The molecule has 1 heterocycles. The molecular weight excluding hydrogens is 374 g/mol. The van der Waals surface area contributed by atoms with Gasteiger partial charge in [0.15, 0.2) is 6.61 Å². The molecule has 2 aromatic carbocycles. The van der Waals surface area contributed by atoms with Crippen molar-refractivity contribution >= 4 is 18.0 Å². The molecule has 0 aliphatic rings. The number of carbonyl (C=O) groups is 2.